The molecule has 0 heterocycles. The summed E-state index contributed by atoms with van der Waals surface area (Å²) in [5.41, 5.74) is 0. The van der Waals surface area contributed by atoms with Gasteiger partial charge in [0.25, 0.3) is 0 Å². The molecule has 0 aromatic rings. The van der Waals surface area contributed by atoms with E-state index in [4.69, 9.17) is 5.11 Å². The maximum absolute atomic E-state index is 11.0. The van der Waals surface area contributed by atoms with Gasteiger partial charge in [0.05, 0.1) is 5.92 Å². The van der Waals surface area contributed by atoms with Crippen molar-refractivity contribution in [2.45, 2.75) is 72.1 Å². The van der Waals surface area contributed by atoms with Crippen LogP contribution in [0.4, 0.5) is 0 Å². The van der Waals surface area contributed by atoms with Gasteiger partial charge in [0.2, 0.25) is 0 Å². The van der Waals surface area contributed by atoms with Crippen molar-refractivity contribution in [2.75, 3.05) is 0 Å². The van der Waals surface area contributed by atoms with Crippen LogP contribution in [0.1, 0.15) is 72.1 Å². The number of hydrogen-bond acceptors (Lipinski definition) is 1. The average Bonchev–Trinajstić information content (AvgIpc) is 2.24. The first-order valence-corrected chi connectivity index (χ1v) is 6.84. The van der Waals surface area contributed by atoms with Crippen LogP contribution < -0.4 is 0 Å². The summed E-state index contributed by atoms with van der Waals surface area (Å²) >= 11 is 0. The Hall–Kier alpha value is -0.530. The maximum Gasteiger partial charge on any atom is 0.306 e. The first-order valence-electron chi connectivity index (χ1n) is 6.84. The number of aliphatic carboxylic acids is 1. The summed E-state index contributed by atoms with van der Waals surface area (Å²) in [5.74, 6) is -0.0357. The lowest BCUT2D eigenvalue weighted by molar-refractivity contribution is -0.142. The van der Waals surface area contributed by atoms with E-state index < -0.39 is 5.97 Å². The third kappa shape index (κ3) is 7.72. The Morgan fingerprint density at radius 3 is 2.19 bits per heavy atom. The second kappa shape index (κ2) is 9.68. The molecule has 0 aliphatic carbocycles. The Kier molecular flexibility index (Phi) is 9.36. The van der Waals surface area contributed by atoms with Crippen LogP contribution in [0.5, 0.6) is 0 Å². The van der Waals surface area contributed by atoms with Crippen molar-refractivity contribution in [2.24, 2.45) is 11.8 Å². The van der Waals surface area contributed by atoms with Gasteiger partial charge in [-0.2, -0.15) is 0 Å². The molecule has 2 unspecified atom stereocenters. The molecular weight excluding hydrogens is 200 g/mol. The SMILES string of the molecule is CCCCCC(C)CCC(CCC)C(=O)O. The predicted molar refractivity (Wildman–Crippen MR) is 68.6 cm³/mol. The smallest absolute Gasteiger partial charge is 0.306 e. The molecule has 2 atom stereocenters. The van der Waals surface area contributed by atoms with E-state index in [9.17, 15) is 4.79 Å². The van der Waals surface area contributed by atoms with Crippen LogP contribution >= 0.6 is 0 Å². The average molecular weight is 228 g/mol. The van der Waals surface area contributed by atoms with Crippen molar-refractivity contribution in [1.82, 2.24) is 0 Å². The van der Waals surface area contributed by atoms with Gasteiger partial charge in [0.1, 0.15) is 0 Å². The summed E-state index contributed by atoms with van der Waals surface area (Å²) in [6, 6.07) is 0. The predicted octanol–water partition coefficient (Wildman–Crippen LogP) is 4.48. The van der Waals surface area contributed by atoms with Crippen LogP contribution in [0.15, 0.2) is 0 Å². The van der Waals surface area contributed by atoms with Gasteiger partial charge in [-0.3, -0.25) is 4.79 Å². The number of hydrogen-bond donors (Lipinski definition) is 1. The number of carboxylic acids is 1. The van der Waals surface area contributed by atoms with Gasteiger partial charge < -0.3 is 5.11 Å². The summed E-state index contributed by atoms with van der Waals surface area (Å²) in [7, 11) is 0. The molecule has 0 spiro atoms. The molecule has 0 aromatic carbocycles. The van der Waals surface area contributed by atoms with Crippen LogP contribution in [-0.2, 0) is 4.79 Å². The highest BCUT2D eigenvalue weighted by molar-refractivity contribution is 5.69. The second-order valence-corrected chi connectivity index (χ2v) is 5.00. The highest BCUT2D eigenvalue weighted by atomic mass is 16.4. The van der Waals surface area contributed by atoms with Gasteiger partial charge in [-0.1, -0.05) is 52.9 Å². The number of carbonyl (C=O) groups is 1. The Labute approximate surface area is 100 Å². The molecular formula is C14H28O2. The third-order valence-corrected chi connectivity index (χ3v) is 3.29. The maximum atomic E-state index is 11.0. The van der Waals surface area contributed by atoms with E-state index in [1.807, 2.05) is 0 Å². The summed E-state index contributed by atoms with van der Waals surface area (Å²) in [4.78, 5) is 11.0. The molecule has 0 aliphatic heterocycles. The molecule has 2 heteroatoms. The zero-order chi connectivity index (χ0) is 12.4. The van der Waals surface area contributed by atoms with E-state index in [0.29, 0.717) is 5.92 Å². The zero-order valence-electron chi connectivity index (χ0n) is 11.2. The van der Waals surface area contributed by atoms with Crippen molar-refractivity contribution in [3.05, 3.63) is 0 Å². The van der Waals surface area contributed by atoms with E-state index in [-0.39, 0.29) is 5.92 Å². The summed E-state index contributed by atoms with van der Waals surface area (Å²) < 4.78 is 0. The Morgan fingerprint density at radius 1 is 1.00 bits per heavy atom. The molecule has 0 rings (SSSR count). The van der Waals surface area contributed by atoms with Gasteiger partial charge >= 0.3 is 5.97 Å². The van der Waals surface area contributed by atoms with Crippen molar-refractivity contribution >= 4 is 5.97 Å². The fourth-order valence-electron chi connectivity index (χ4n) is 2.11. The second-order valence-electron chi connectivity index (χ2n) is 5.00. The minimum absolute atomic E-state index is 0.112. The molecule has 0 aliphatic rings. The van der Waals surface area contributed by atoms with E-state index >= 15 is 0 Å². The van der Waals surface area contributed by atoms with Crippen LogP contribution in [0, 0.1) is 11.8 Å². The van der Waals surface area contributed by atoms with E-state index in [1.54, 1.807) is 0 Å². The van der Waals surface area contributed by atoms with Crippen molar-refractivity contribution in [1.29, 1.82) is 0 Å². The Morgan fingerprint density at radius 2 is 1.69 bits per heavy atom. The quantitative estimate of drug-likeness (QED) is 0.560. The minimum Gasteiger partial charge on any atom is -0.481 e. The van der Waals surface area contributed by atoms with Crippen LogP contribution in [0.2, 0.25) is 0 Å². The molecule has 0 bridgehead atoms. The molecule has 2 nitrogen and oxygen atoms in total. The summed E-state index contributed by atoms with van der Waals surface area (Å²) in [6.45, 7) is 6.52. The highest BCUT2D eigenvalue weighted by Crippen LogP contribution is 2.21. The fraction of sp³-hybridized carbons (Fsp3) is 0.929. The number of carboxylic acid groups (broad SMARTS) is 1. The summed E-state index contributed by atoms with van der Waals surface area (Å²) in [6.07, 6.45) is 8.85. The molecule has 96 valence electrons. The Balaban J connectivity index is 3.69. The monoisotopic (exact) mass is 228 g/mol. The highest BCUT2D eigenvalue weighted by Gasteiger charge is 2.16. The first-order chi connectivity index (χ1) is 7.61. The van der Waals surface area contributed by atoms with Gasteiger partial charge in [0, 0.05) is 0 Å². The van der Waals surface area contributed by atoms with Crippen LogP contribution in [0.3, 0.4) is 0 Å². The van der Waals surface area contributed by atoms with Crippen LogP contribution in [0.25, 0.3) is 0 Å². The van der Waals surface area contributed by atoms with E-state index in [2.05, 4.69) is 20.8 Å². The fourth-order valence-corrected chi connectivity index (χ4v) is 2.11. The molecule has 0 amide bonds. The molecule has 0 saturated heterocycles. The molecule has 0 fully saturated rings. The molecule has 0 radical (unpaired) electrons. The van der Waals surface area contributed by atoms with Gasteiger partial charge in [-0.25, -0.2) is 0 Å². The van der Waals surface area contributed by atoms with Crippen LogP contribution in [-0.4, -0.2) is 11.1 Å². The van der Waals surface area contributed by atoms with Crippen molar-refractivity contribution in [3.63, 3.8) is 0 Å². The normalized spacial score (nSPS) is 14.7. The minimum atomic E-state index is -0.609. The lowest BCUT2D eigenvalue weighted by atomic mass is 9.91. The molecule has 0 saturated carbocycles. The zero-order valence-corrected chi connectivity index (χ0v) is 11.2. The van der Waals surface area contributed by atoms with Gasteiger partial charge in [0.15, 0.2) is 0 Å². The Bertz CT molecular complexity index is 178. The van der Waals surface area contributed by atoms with E-state index in [0.717, 1.165) is 25.7 Å². The number of unbranched alkanes of at least 4 members (excludes halogenated alkanes) is 2. The van der Waals surface area contributed by atoms with Crippen molar-refractivity contribution in [3.8, 4) is 0 Å². The van der Waals surface area contributed by atoms with E-state index in [1.165, 1.54) is 25.7 Å². The molecule has 0 aromatic heterocycles. The third-order valence-electron chi connectivity index (χ3n) is 3.29. The topological polar surface area (TPSA) is 37.3 Å². The molecule has 1 N–H and O–H groups in total. The lowest BCUT2D eigenvalue weighted by Gasteiger charge is -2.15. The van der Waals surface area contributed by atoms with Crippen molar-refractivity contribution < 1.29 is 9.90 Å². The largest absolute Gasteiger partial charge is 0.481 e. The first kappa shape index (κ1) is 15.5. The van der Waals surface area contributed by atoms with Gasteiger partial charge in [-0.15, -0.1) is 0 Å². The standard InChI is InChI=1S/C14H28O2/c1-4-6-7-9-12(3)10-11-13(8-5-2)14(15)16/h12-13H,4-11H2,1-3H3,(H,15,16). The summed E-state index contributed by atoms with van der Waals surface area (Å²) in [5, 5.41) is 9.03. The number of rotatable bonds is 10. The van der Waals surface area contributed by atoms with Gasteiger partial charge in [-0.05, 0) is 25.2 Å². The molecule has 16 heavy (non-hydrogen) atoms. The lowest BCUT2D eigenvalue weighted by Crippen LogP contribution is -2.14.